The van der Waals surface area contributed by atoms with E-state index in [-0.39, 0.29) is 0 Å². The minimum atomic E-state index is 0.605. The molecule has 4 aliphatic carbocycles. The molecule has 4 fully saturated rings. The van der Waals surface area contributed by atoms with Crippen LogP contribution in [0.4, 0.5) is 0 Å². The highest BCUT2D eigenvalue weighted by Crippen LogP contribution is 2.53. The zero-order chi connectivity index (χ0) is 14.4. The molecule has 0 amide bonds. The van der Waals surface area contributed by atoms with Gasteiger partial charge in [-0.1, -0.05) is 24.3 Å². The van der Waals surface area contributed by atoms with Gasteiger partial charge in [0.1, 0.15) is 0 Å². The van der Waals surface area contributed by atoms with E-state index in [2.05, 4.69) is 43.4 Å². The molecule has 4 bridgehead atoms. The number of hydrogen-bond acceptors (Lipinski definition) is 1. The first-order chi connectivity index (χ1) is 10.2. The summed E-state index contributed by atoms with van der Waals surface area (Å²) in [6, 6.07) is 10.3. The predicted molar refractivity (Wildman–Crippen MR) is 88.3 cm³/mol. The number of hydrogen-bond donors (Lipinski definition) is 1. The molecule has 0 aromatic heterocycles. The Morgan fingerprint density at radius 2 is 1.62 bits per heavy atom. The van der Waals surface area contributed by atoms with E-state index in [4.69, 9.17) is 0 Å². The largest absolute Gasteiger partial charge is 0.311 e. The van der Waals surface area contributed by atoms with Gasteiger partial charge in [0.05, 0.1) is 0 Å². The Kier molecular flexibility index (Phi) is 3.57. The van der Waals surface area contributed by atoms with Crippen molar-refractivity contribution in [2.45, 2.75) is 64.5 Å². The average Bonchev–Trinajstić information content (AvgIpc) is 2.44. The summed E-state index contributed by atoms with van der Waals surface area (Å²) in [6.45, 7) is 4.63. The maximum atomic E-state index is 4.04. The van der Waals surface area contributed by atoms with Gasteiger partial charge in [-0.25, -0.2) is 0 Å². The molecule has 0 aliphatic heterocycles. The summed E-state index contributed by atoms with van der Waals surface area (Å²) in [5.41, 5.74) is 2.96. The Morgan fingerprint density at radius 3 is 2.24 bits per heavy atom. The van der Waals surface area contributed by atoms with Crippen molar-refractivity contribution < 1.29 is 0 Å². The van der Waals surface area contributed by atoms with E-state index in [1.54, 1.807) is 6.42 Å². The fourth-order valence-electron chi connectivity index (χ4n) is 5.75. The Morgan fingerprint density at radius 1 is 1.00 bits per heavy atom. The summed E-state index contributed by atoms with van der Waals surface area (Å²) in [7, 11) is 0. The van der Waals surface area contributed by atoms with Crippen LogP contribution >= 0.6 is 0 Å². The van der Waals surface area contributed by atoms with Crippen LogP contribution in [-0.2, 0) is 6.42 Å². The zero-order valence-electron chi connectivity index (χ0n) is 13.5. The van der Waals surface area contributed by atoms with Crippen molar-refractivity contribution in [3.05, 3.63) is 35.4 Å². The van der Waals surface area contributed by atoms with E-state index < -0.39 is 0 Å². The lowest BCUT2D eigenvalue weighted by Gasteiger charge is -2.55. The fourth-order valence-corrected chi connectivity index (χ4v) is 5.75. The maximum Gasteiger partial charge on any atom is 0.0127 e. The van der Waals surface area contributed by atoms with Gasteiger partial charge in [-0.3, -0.25) is 0 Å². The number of benzene rings is 1. The lowest BCUT2D eigenvalue weighted by molar-refractivity contribution is -0.0169. The van der Waals surface area contributed by atoms with Crippen LogP contribution < -0.4 is 5.32 Å². The second-order valence-electron chi connectivity index (χ2n) is 8.15. The van der Waals surface area contributed by atoms with Gasteiger partial charge >= 0.3 is 0 Å². The highest BCUT2D eigenvalue weighted by Gasteiger charge is 2.48. The third-order valence-electron chi connectivity index (χ3n) is 6.49. The quantitative estimate of drug-likeness (QED) is 0.866. The van der Waals surface area contributed by atoms with Crippen molar-refractivity contribution >= 4 is 0 Å². The van der Waals surface area contributed by atoms with E-state index in [0.29, 0.717) is 6.04 Å². The lowest BCUT2D eigenvalue weighted by Crippen LogP contribution is -2.56. The molecule has 114 valence electrons. The molecule has 21 heavy (non-hydrogen) atoms. The van der Waals surface area contributed by atoms with Crippen LogP contribution in [0.15, 0.2) is 24.3 Å². The Labute approximate surface area is 129 Å². The van der Waals surface area contributed by atoms with Gasteiger partial charge < -0.3 is 5.32 Å². The molecule has 4 saturated carbocycles. The SMILES string of the molecule is Cc1ccccc1CC(C)NC1C2CC3CC(C2)CC1C3. The molecule has 0 spiro atoms. The van der Waals surface area contributed by atoms with Gasteiger partial charge in [-0.15, -0.1) is 0 Å². The highest BCUT2D eigenvalue weighted by atomic mass is 15.0. The van der Waals surface area contributed by atoms with Crippen LogP contribution in [0.25, 0.3) is 0 Å². The van der Waals surface area contributed by atoms with Crippen LogP contribution in [-0.4, -0.2) is 12.1 Å². The van der Waals surface area contributed by atoms with E-state index in [1.807, 2.05) is 0 Å². The van der Waals surface area contributed by atoms with Crippen molar-refractivity contribution in [2.24, 2.45) is 23.7 Å². The van der Waals surface area contributed by atoms with Crippen LogP contribution in [0.2, 0.25) is 0 Å². The summed E-state index contributed by atoms with van der Waals surface area (Å²) in [4.78, 5) is 0. The zero-order valence-corrected chi connectivity index (χ0v) is 13.5. The summed E-state index contributed by atoms with van der Waals surface area (Å²) < 4.78 is 0. The third kappa shape index (κ3) is 2.65. The highest BCUT2D eigenvalue weighted by molar-refractivity contribution is 5.26. The summed E-state index contributed by atoms with van der Waals surface area (Å²) in [5.74, 6) is 4.13. The van der Waals surface area contributed by atoms with Crippen molar-refractivity contribution in [3.8, 4) is 0 Å². The molecule has 1 heteroatoms. The molecule has 1 aromatic rings. The number of aryl methyl sites for hydroxylation is 1. The second-order valence-corrected chi connectivity index (χ2v) is 8.15. The number of nitrogens with one attached hydrogen (secondary N) is 1. The average molecular weight is 283 g/mol. The van der Waals surface area contributed by atoms with Crippen molar-refractivity contribution in [1.29, 1.82) is 0 Å². The monoisotopic (exact) mass is 283 g/mol. The Hall–Kier alpha value is -0.820. The maximum absolute atomic E-state index is 4.04. The van der Waals surface area contributed by atoms with Gasteiger partial charge in [0, 0.05) is 12.1 Å². The van der Waals surface area contributed by atoms with Gasteiger partial charge in [-0.2, -0.15) is 0 Å². The molecular weight excluding hydrogens is 254 g/mol. The molecule has 0 radical (unpaired) electrons. The van der Waals surface area contributed by atoms with E-state index in [9.17, 15) is 0 Å². The van der Waals surface area contributed by atoms with Gasteiger partial charge in [-0.05, 0) is 87.2 Å². The van der Waals surface area contributed by atoms with Crippen LogP contribution in [0, 0.1) is 30.6 Å². The van der Waals surface area contributed by atoms with Crippen LogP contribution in [0.3, 0.4) is 0 Å². The molecule has 4 aliphatic rings. The molecule has 1 N–H and O–H groups in total. The second kappa shape index (κ2) is 5.43. The van der Waals surface area contributed by atoms with Gasteiger partial charge in [0.2, 0.25) is 0 Å². The molecule has 0 saturated heterocycles. The van der Waals surface area contributed by atoms with Crippen LogP contribution in [0.1, 0.15) is 50.2 Å². The minimum absolute atomic E-state index is 0.605. The molecule has 1 atom stereocenters. The van der Waals surface area contributed by atoms with Crippen molar-refractivity contribution in [3.63, 3.8) is 0 Å². The smallest absolute Gasteiger partial charge is 0.0127 e. The predicted octanol–water partition coefficient (Wildman–Crippen LogP) is 4.34. The minimum Gasteiger partial charge on any atom is -0.311 e. The number of rotatable bonds is 4. The molecule has 1 unspecified atom stereocenters. The third-order valence-corrected chi connectivity index (χ3v) is 6.49. The first-order valence-corrected chi connectivity index (χ1v) is 8.99. The first kappa shape index (κ1) is 13.8. The lowest BCUT2D eigenvalue weighted by atomic mass is 9.54. The van der Waals surface area contributed by atoms with Gasteiger partial charge in [0.15, 0.2) is 0 Å². The Bertz CT molecular complexity index is 478. The fraction of sp³-hybridized carbons (Fsp3) is 0.700. The molecular formula is C20H29N. The van der Waals surface area contributed by atoms with Crippen LogP contribution in [0.5, 0.6) is 0 Å². The van der Waals surface area contributed by atoms with E-state index in [0.717, 1.165) is 29.7 Å². The molecule has 5 rings (SSSR count). The first-order valence-electron chi connectivity index (χ1n) is 8.99. The van der Waals surface area contributed by atoms with Gasteiger partial charge in [0.25, 0.3) is 0 Å². The topological polar surface area (TPSA) is 12.0 Å². The Balaban J connectivity index is 1.41. The normalized spacial score (nSPS) is 38.7. The summed E-state index contributed by atoms with van der Waals surface area (Å²) in [6.07, 6.45) is 8.79. The van der Waals surface area contributed by atoms with Crippen molar-refractivity contribution in [2.75, 3.05) is 0 Å². The summed E-state index contributed by atoms with van der Waals surface area (Å²) >= 11 is 0. The van der Waals surface area contributed by atoms with E-state index in [1.165, 1.54) is 43.2 Å². The standard InChI is InChI=1S/C20H29N/c1-13-5-3-4-6-17(13)7-14(2)21-20-18-9-15-8-16(11-18)12-19(20)10-15/h3-6,14-16,18-21H,7-12H2,1-2H3. The molecule has 0 heterocycles. The summed E-state index contributed by atoms with van der Waals surface area (Å²) in [5, 5.41) is 4.04. The van der Waals surface area contributed by atoms with E-state index >= 15 is 0 Å². The molecule has 1 aromatic carbocycles. The van der Waals surface area contributed by atoms with Crippen molar-refractivity contribution in [1.82, 2.24) is 5.32 Å². The molecule has 1 nitrogen and oxygen atoms in total.